The molecule has 1 aliphatic carbocycles. The minimum atomic E-state index is -1.67. The lowest BCUT2D eigenvalue weighted by molar-refractivity contribution is -0.124. The lowest BCUT2D eigenvalue weighted by Crippen LogP contribution is -2.36. The molecule has 0 aromatic heterocycles. The largest absolute Gasteiger partial charge is 0.477 e. The van der Waals surface area contributed by atoms with Gasteiger partial charge in [-0.15, -0.1) is 0 Å². The van der Waals surface area contributed by atoms with Crippen molar-refractivity contribution in [1.29, 1.82) is 0 Å². The standard InChI is InChI=1S/C20H19F4NO2/c21-14-10-15(22)18(24)20(17(14)23)27-11-16(26)25-19(13-8-4-5-9-13)12-6-2-1-3-7-12/h1-3,6-7,10,13,19H,4-5,8-9,11H2,(H,25,26). The molecule has 2 aromatic rings. The van der Waals surface area contributed by atoms with Crippen molar-refractivity contribution in [2.75, 3.05) is 6.61 Å². The van der Waals surface area contributed by atoms with Gasteiger partial charge in [-0.05, 0) is 24.3 Å². The maximum absolute atomic E-state index is 13.6. The van der Waals surface area contributed by atoms with Crippen LogP contribution in [0.5, 0.6) is 5.75 Å². The molecule has 2 aromatic carbocycles. The van der Waals surface area contributed by atoms with Crippen LogP contribution >= 0.6 is 0 Å². The van der Waals surface area contributed by atoms with E-state index in [-0.39, 0.29) is 18.0 Å². The number of carbonyl (C=O) groups excluding carboxylic acids is 1. The van der Waals surface area contributed by atoms with Gasteiger partial charge in [-0.25, -0.2) is 8.78 Å². The van der Waals surface area contributed by atoms with Gasteiger partial charge in [0, 0.05) is 6.07 Å². The number of halogens is 4. The Morgan fingerprint density at radius 3 is 2.22 bits per heavy atom. The Balaban J connectivity index is 1.70. The van der Waals surface area contributed by atoms with Crippen molar-refractivity contribution >= 4 is 5.91 Å². The molecule has 3 nitrogen and oxygen atoms in total. The predicted octanol–water partition coefficient (Wildman–Crippen LogP) is 4.67. The molecular weight excluding hydrogens is 362 g/mol. The van der Waals surface area contributed by atoms with Crippen molar-refractivity contribution in [1.82, 2.24) is 5.32 Å². The molecule has 0 bridgehead atoms. The van der Waals surface area contributed by atoms with E-state index in [0.29, 0.717) is 0 Å². The Hall–Kier alpha value is -2.57. The molecule has 0 spiro atoms. The van der Waals surface area contributed by atoms with E-state index in [1.807, 2.05) is 30.3 Å². The van der Waals surface area contributed by atoms with Crippen molar-refractivity contribution in [2.24, 2.45) is 5.92 Å². The third-order valence-electron chi connectivity index (χ3n) is 4.77. The second-order valence-electron chi connectivity index (χ2n) is 6.59. The number of ether oxygens (including phenoxy) is 1. The van der Waals surface area contributed by atoms with E-state index in [4.69, 9.17) is 4.74 Å². The fourth-order valence-electron chi connectivity index (χ4n) is 3.46. The monoisotopic (exact) mass is 381 g/mol. The molecule has 1 saturated carbocycles. The molecule has 0 radical (unpaired) electrons. The first kappa shape index (κ1) is 19.2. The molecule has 3 rings (SSSR count). The topological polar surface area (TPSA) is 38.3 Å². The predicted molar refractivity (Wildman–Crippen MR) is 91.1 cm³/mol. The zero-order chi connectivity index (χ0) is 19.4. The molecule has 1 fully saturated rings. The minimum absolute atomic E-state index is 0.0864. The Morgan fingerprint density at radius 1 is 1.04 bits per heavy atom. The molecule has 1 atom stereocenters. The van der Waals surface area contributed by atoms with E-state index < -0.39 is 41.5 Å². The molecule has 1 amide bonds. The maximum atomic E-state index is 13.6. The lowest BCUT2D eigenvalue weighted by atomic mass is 9.91. The summed E-state index contributed by atoms with van der Waals surface area (Å²) in [5, 5.41) is 2.82. The van der Waals surface area contributed by atoms with Crippen LogP contribution in [0, 0.1) is 29.2 Å². The number of carbonyl (C=O) groups is 1. The van der Waals surface area contributed by atoms with E-state index >= 15 is 0 Å². The summed E-state index contributed by atoms with van der Waals surface area (Å²) in [7, 11) is 0. The summed E-state index contributed by atoms with van der Waals surface area (Å²) < 4.78 is 58.4. The van der Waals surface area contributed by atoms with Gasteiger partial charge < -0.3 is 10.1 Å². The van der Waals surface area contributed by atoms with Crippen molar-refractivity contribution in [3.63, 3.8) is 0 Å². The molecule has 1 N–H and O–H groups in total. The number of amides is 1. The number of hydrogen-bond acceptors (Lipinski definition) is 2. The summed E-state index contributed by atoms with van der Waals surface area (Å²) in [6, 6.07) is 9.20. The van der Waals surface area contributed by atoms with Crippen LogP contribution in [0.3, 0.4) is 0 Å². The summed E-state index contributed by atoms with van der Waals surface area (Å²) in [5.74, 6) is -8.13. The lowest BCUT2D eigenvalue weighted by Gasteiger charge is -2.25. The average molecular weight is 381 g/mol. The second-order valence-corrected chi connectivity index (χ2v) is 6.59. The highest BCUT2D eigenvalue weighted by molar-refractivity contribution is 5.78. The number of rotatable bonds is 6. The van der Waals surface area contributed by atoms with Crippen LogP contribution in [0.2, 0.25) is 0 Å². The fraction of sp³-hybridized carbons (Fsp3) is 0.350. The third-order valence-corrected chi connectivity index (χ3v) is 4.77. The van der Waals surface area contributed by atoms with E-state index in [2.05, 4.69) is 5.32 Å². The minimum Gasteiger partial charge on any atom is -0.477 e. The van der Waals surface area contributed by atoms with Crippen molar-refractivity contribution in [3.05, 3.63) is 65.2 Å². The fourth-order valence-corrected chi connectivity index (χ4v) is 3.46. The summed E-state index contributed by atoms with van der Waals surface area (Å²) in [5.41, 5.74) is 0.923. The van der Waals surface area contributed by atoms with Crippen molar-refractivity contribution in [3.8, 4) is 5.75 Å². The van der Waals surface area contributed by atoms with Gasteiger partial charge in [0.05, 0.1) is 6.04 Å². The van der Waals surface area contributed by atoms with E-state index in [0.717, 1.165) is 31.2 Å². The van der Waals surface area contributed by atoms with Crippen LogP contribution in [0.1, 0.15) is 37.3 Å². The molecule has 1 aliphatic rings. The van der Waals surface area contributed by atoms with Crippen LogP contribution in [-0.2, 0) is 4.79 Å². The van der Waals surface area contributed by atoms with Crippen LogP contribution in [0.4, 0.5) is 17.6 Å². The second kappa shape index (κ2) is 8.41. The van der Waals surface area contributed by atoms with Crippen molar-refractivity contribution < 1.29 is 27.1 Å². The van der Waals surface area contributed by atoms with E-state index in [1.165, 1.54) is 0 Å². The number of benzene rings is 2. The maximum Gasteiger partial charge on any atom is 0.258 e. The van der Waals surface area contributed by atoms with Gasteiger partial charge in [-0.1, -0.05) is 43.2 Å². The van der Waals surface area contributed by atoms with Gasteiger partial charge in [-0.3, -0.25) is 4.79 Å². The zero-order valence-corrected chi connectivity index (χ0v) is 14.5. The summed E-state index contributed by atoms with van der Waals surface area (Å²) in [6.45, 7) is -0.757. The first-order chi connectivity index (χ1) is 13.0. The molecule has 144 valence electrons. The third kappa shape index (κ3) is 4.40. The van der Waals surface area contributed by atoms with Crippen LogP contribution in [0.25, 0.3) is 0 Å². The summed E-state index contributed by atoms with van der Waals surface area (Å²) >= 11 is 0. The smallest absolute Gasteiger partial charge is 0.258 e. The first-order valence-corrected chi connectivity index (χ1v) is 8.77. The van der Waals surface area contributed by atoms with Gasteiger partial charge in [0.15, 0.2) is 24.0 Å². The quantitative estimate of drug-likeness (QED) is 0.583. The normalized spacial score (nSPS) is 15.6. The molecule has 0 heterocycles. The number of nitrogens with one attached hydrogen (secondary N) is 1. The van der Waals surface area contributed by atoms with E-state index in [1.54, 1.807) is 0 Å². The van der Waals surface area contributed by atoms with Gasteiger partial charge in [0.1, 0.15) is 0 Å². The molecule has 0 saturated heterocycles. The highest BCUT2D eigenvalue weighted by atomic mass is 19.2. The average Bonchev–Trinajstić information content (AvgIpc) is 3.19. The first-order valence-electron chi connectivity index (χ1n) is 8.77. The highest BCUT2D eigenvalue weighted by Gasteiger charge is 2.28. The van der Waals surface area contributed by atoms with Crippen LogP contribution in [0.15, 0.2) is 36.4 Å². The number of hydrogen-bond donors (Lipinski definition) is 1. The van der Waals surface area contributed by atoms with E-state index in [9.17, 15) is 22.4 Å². The Kier molecular flexibility index (Phi) is 5.98. The highest BCUT2D eigenvalue weighted by Crippen LogP contribution is 2.35. The molecule has 27 heavy (non-hydrogen) atoms. The Bertz CT molecular complexity index is 781. The Morgan fingerprint density at radius 2 is 1.63 bits per heavy atom. The Labute approximate surface area is 154 Å². The SMILES string of the molecule is O=C(COc1c(F)c(F)cc(F)c1F)NC(c1ccccc1)C1CCCC1. The van der Waals surface area contributed by atoms with Gasteiger partial charge in [-0.2, -0.15) is 8.78 Å². The van der Waals surface area contributed by atoms with Gasteiger partial charge in [0.2, 0.25) is 11.6 Å². The summed E-state index contributed by atoms with van der Waals surface area (Å²) in [6.07, 6.45) is 4.05. The molecule has 1 unspecified atom stereocenters. The molecule has 0 aliphatic heterocycles. The molecule has 7 heteroatoms. The van der Waals surface area contributed by atoms with Crippen LogP contribution in [-0.4, -0.2) is 12.5 Å². The van der Waals surface area contributed by atoms with Gasteiger partial charge >= 0.3 is 0 Å². The van der Waals surface area contributed by atoms with Gasteiger partial charge in [0.25, 0.3) is 5.91 Å². The molecular formula is C20H19F4NO2. The van der Waals surface area contributed by atoms with Crippen molar-refractivity contribution in [2.45, 2.75) is 31.7 Å². The summed E-state index contributed by atoms with van der Waals surface area (Å²) in [4.78, 5) is 12.3. The zero-order valence-electron chi connectivity index (χ0n) is 14.5. The van der Waals surface area contributed by atoms with Crippen LogP contribution < -0.4 is 10.1 Å².